The smallest absolute Gasteiger partial charge is 0.339 e. The van der Waals surface area contributed by atoms with Gasteiger partial charge < -0.3 is 10.1 Å². The lowest BCUT2D eigenvalue weighted by Crippen LogP contribution is -2.31. The van der Waals surface area contributed by atoms with Crippen LogP contribution in [0.15, 0.2) is 29.6 Å². The first-order chi connectivity index (χ1) is 12.0. The van der Waals surface area contributed by atoms with Crippen molar-refractivity contribution in [2.45, 2.75) is 38.6 Å². The van der Waals surface area contributed by atoms with Gasteiger partial charge in [-0.2, -0.15) is 0 Å². The van der Waals surface area contributed by atoms with E-state index < -0.39 is 5.97 Å². The van der Waals surface area contributed by atoms with Crippen molar-refractivity contribution in [3.63, 3.8) is 0 Å². The molecular formula is C19H20FNO3S. The number of rotatable bonds is 5. The lowest BCUT2D eigenvalue weighted by molar-refractivity contribution is -0.124. The Morgan fingerprint density at radius 2 is 1.96 bits per heavy atom. The van der Waals surface area contributed by atoms with Crippen molar-refractivity contribution in [1.29, 1.82) is 0 Å². The molecule has 0 bridgehead atoms. The maximum absolute atomic E-state index is 12.9. The minimum Gasteiger partial charge on any atom is -0.452 e. The second kappa shape index (κ2) is 7.78. The van der Waals surface area contributed by atoms with E-state index in [1.54, 1.807) is 30.4 Å². The number of halogens is 1. The molecule has 4 nitrogen and oxygen atoms in total. The molecular weight excluding hydrogens is 341 g/mol. The van der Waals surface area contributed by atoms with E-state index in [0.29, 0.717) is 5.56 Å². The largest absolute Gasteiger partial charge is 0.452 e. The van der Waals surface area contributed by atoms with E-state index in [0.717, 1.165) is 36.8 Å². The highest BCUT2D eigenvalue weighted by atomic mass is 32.1. The van der Waals surface area contributed by atoms with Crippen LogP contribution in [-0.4, -0.2) is 18.5 Å². The number of ether oxygens (including phenoxy) is 1. The van der Waals surface area contributed by atoms with E-state index in [1.165, 1.54) is 17.0 Å². The highest BCUT2D eigenvalue weighted by molar-refractivity contribution is 7.10. The third kappa shape index (κ3) is 4.25. The first kappa shape index (κ1) is 17.6. The predicted molar refractivity (Wildman–Crippen MR) is 94.2 cm³/mol. The molecule has 1 N–H and O–H groups in total. The molecule has 1 heterocycles. The highest BCUT2D eigenvalue weighted by Gasteiger charge is 2.22. The van der Waals surface area contributed by atoms with Crippen molar-refractivity contribution in [3.8, 4) is 0 Å². The average Bonchev–Trinajstić information content (AvgIpc) is 3.04. The fourth-order valence-corrected chi connectivity index (χ4v) is 4.11. The van der Waals surface area contributed by atoms with Crippen LogP contribution in [0.2, 0.25) is 0 Å². The minimum absolute atomic E-state index is 0.291. The molecule has 1 aliphatic carbocycles. The Morgan fingerprint density at radius 3 is 2.72 bits per heavy atom. The number of carbonyl (C=O) groups is 2. The summed E-state index contributed by atoms with van der Waals surface area (Å²) >= 11 is 1.59. The molecule has 0 saturated heterocycles. The molecule has 2 aromatic rings. The van der Waals surface area contributed by atoms with Crippen molar-refractivity contribution < 1.29 is 18.7 Å². The minimum atomic E-state index is -0.441. The SMILES string of the molecule is C[C@@H](NC(=O)COC(=O)c1csc2c1CCCC2)c1ccc(F)cc1. The van der Waals surface area contributed by atoms with Crippen LogP contribution in [0.3, 0.4) is 0 Å². The van der Waals surface area contributed by atoms with Crippen molar-refractivity contribution in [2.24, 2.45) is 0 Å². The Morgan fingerprint density at radius 1 is 1.24 bits per heavy atom. The van der Waals surface area contributed by atoms with Crippen LogP contribution in [0.25, 0.3) is 0 Å². The van der Waals surface area contributed by atoms with E-state index in [9.17, 15) is 14.0 Å². The molecule has 0 spiro atoms. The van der Waals surface area contributed by atoms with Crippen LogP contribution in [0.4, 0.5) is 4.39 Å². The third-order valence-corrected chi connectivity index (χ3v) is 5.45. The van der Waals surface area contributed by atoms with Crippen LogP contribution >= 0.6 is 11.3 Å². The number of esters is 1. The summed E-state index contributed by atoms with van der Waals surface area (Å²) in [6.45, 7) is 1.47. The van der Waals surface area contributed by atoms with Crippen LogP contribution in [-0.2, 0) is 22.4 Å². The van der Waals surface area contributed by atoms with E-state index in [-0.39, 0.29) is 24.4 Å². The molecule has 0 aliphatic heterocycles. The summed E-state index contributed by atoms with van der Waals surface area (Å²) in [6, 6.07) is 5.63. The number of hydrogen-bond donors (Lipinski definition) is 1. The second-order valence-corrected chi connectivity index (χ2v) is 7.14. The Balaban J connectivity index is 1.52. The van der Waals surface area contributed by atoms with Crippen LogP contribution < -0.4 is 5.32 Å². The van der Waals surface area contributed by atoms with E-state index >= 15 is 0 Å². The van der Waals surface area contributed by atoms with Gasteiger partial charge in [0.2, 0.25) is 0 Å². The maximum Gasteiger partial charge on any atom is 0.339 e. The zero-order valence-corrected chi connectivity index (χ0v) is 14.8. The first-order valence-corrected chi connectivity index (χ1v) is 9.23. The number of nitrogens with one attached hydrogen (secondary N) is 1. The summed E-state index contributed by atoms with van der Waals surface area (Å²) in [6.07, 6.45) is 4.16. The van der Waals surface area contributed by atoms with Gasteiger partial charge in [0, 0.05) is 10.3 Å². The number of hydrogen-bond acceptors (Lipinski definition) is 4. The Bertz CT molecular complexity index is 769. The van der Waals surface area contributed by atoms with Crippen molar-refractivity contribution in [2.75, 3.05) is 6.61 Å². The van der Waals surface area contributed by atoms with Gasteiger partial charge in [0.1, 0.15) is 5.82 Å². The van der Waals surface area contributed by atoms with E-state index in [1.807, 2.05) is 5.38 Å². The molecule has 0 unspecified atom stereocenters. The standard InChI is InChI=1S/C19H20FNO3S/c1-12(13-6-8-14(20)9-7-13)21-18(22)10-24-19(23)16-11-25-17-5-3-2-4-15(16)17/h6-9,11-12H,2-5,10H2,1H3,(H,21,22)/t12-/m1/s1. The zero-order chi connectivity index (χ0) is 17.8. The lowest BCUT2D eigenvalue weighted by atomic mass is 9.96. The molecule has 6 heteroatoms. The molecule has 3 rings (SSSR count). The van der Waals surface area contributed by atoms with Gasteiger partial charge in [0.15, 0.2) is 6.61 Å². The average molecular weight is 361 g/mol. The molecule has 0 fully saturated rings. The van der Waals surface area contributed by atoms with E-state index in [2.05, 4.69) is 5.32 Å². The Labute approximate surface area is 150 Å². The second-order valence-electron chi connectivity index (χ2n) is 6.18. The van der Waals surface area contributed by atoms with Crippen molar-refractivity contribution in [3.05, 3.63) is 57.0 Å². The lowest BCUT2D eigenvalue weighted by Gasteiger charge is -2.15. The Kier molecular flexibility index (Phi) is 5.48. The topological polar surface area (TPSA) is 55.4 Å². The molecule has 1 amide bonds. The summed E-state index contributed by atoms with van der Waals surface area (Å²) in [5, 5.41) is 4.57. The molecule has 25 heavy (non-hydrogen) atoms. The number of aryl methyl sites for hydroxylation is 1. The Hall–Kier alpha value is -2.21. The molecule has 0 radical (unpaired) electrons. The van der Waals surface area contributed by atoms with Gasteiger partial charge in [-0.3, -0.25) is 4.79 Å². The van der Waals surface area contributed by atoms with Gasteiger partial charge >= 0.3 is 5.97 Å². The van der Waals surface area contributed by atoms with Gasteiger partial charge in [-0.25, -0.2) is 9.18 Å². The molecule has 1 aromatic heterocycles. The monoisotopic (exact) mass is 361 g/mol. The summed E-state index contributed by atoms with van der Waals surface area (Å²) in [5.74, 6) is -1.14. The van der Waals surface area contributed by atoms with Gasteiger partial charge in [0.05, 0.1) is 11.6 Å². The highest BCUT2D eigenvalue weighted by Crippen LogP contribution is 2.30. The van der Waals surface area contributed by atoms with Gasteiger partial charge in [-0.1, -0.05) is 12.1 Å². The fourth-order valence-electron chi connectivity index (χ4n) is 2.99. The summed E-state index contributed by atoms with van der Waals surface area (Å²) < 4.78 is 18.1. The molecule has 0 saturated carbocycles. The number of amides is 1. The number of benzene rings is 1. The number of carbonyl (C=O) groups excluding carboxylic acids is 2. The van der Waals surface area contributed by atoms with Crippen LogP contribution in [0.5, 0.6) is 0 Å². The van der Waals surface area contributed by atoms with Crippen molar-refractivity contribution in [1.82, 2.24) is 5.32 Å². The predicted octanol–water partition coefficient (Wildman–Crippen LogP) is 3.80. The fraction of sp³-hybridized carbons (Fsp3) is 0.368. The van der Waals surface area contributed by atoms with E-state index in [4.69, 9.17) is 4.74 Å². The van der Waals surface area contributed by atoms with Crippen LogP contribution in [0.1, 0.15) is 52.2 Å². The quantitative estimate of drug-likeness (QED) is 0.824. The van der Waals surface area contributed by atoms with Crippen LogP contribution in [0, 0.1) is 5.82 Å². The number of thiophene rings is 1. The molecule has 132 valence electrons. The zero-order valence-electron chi connectivity index (χ0n) is 14.0. The molecule has 1 atom stereocenters. The maximum atomic E-state index is 12.9. The first-order valence-electron chi connectivity index (χ1n) is 8.36. The van der Waals surface area contributed by atoms with Crippen molar-refractivity contribution >= 4 is 23.2 Å². The summed E-state index contributed by atoms with van der Waals surface area (Å²) in [4.78, 5) is 25.5. The number of fused-ring (bicyclic) bond motifs is 1. The van der Waals surface area contributed by atoms with Gasteiger partial charge in [0.25, 0.3) is 5.91 Å². The molecule has 1 aliphatic rings. The normalized spacial score (nSPS) is 14.5. The van der Waals surface area contributed by atoms with Gasteiger partial charge in [-0.05, 0) is 55.9 Å². The third-order valence-electron chi connectivity index (χ3n) is 4.36. The molecule has 1 aromatic carbocycles. The summed E-state index contributed by atoms with van der Waals surface area (Å²) in [5.41, 5.74) is 2.47. The summed E-state index contributed by atoms with van der Waals surface area (Å²) in [7, 11) is 0. The van der Waals surface area contributed by atoms with Gasteiger partial charge in [-0.15, -0.1) is 11.3 Å².